The van der Waals surface area contributed by atoms with E-state index in [9.17, 15) is 39.3 Å². The van der Waals surface area contributed by atoms with Crippen LogP contribution in [0.1, 0.15) is 66.2 Å². The Morgan fingerprint density at radius 2 is 1.53 bits per heavy atom. The number of rotatable bonds is 6. The molecule has 8 unspecified atom stereocenters. The number of aliphatic carboxylic acids is 3. The summed E-state index contributed by atoms with van der Waals surface area (Å²) in [6.07, 6.45) is 1.94. The summed E-state index contributed by atoms with van der Waals surface area (Å²) in [7, 11) is 1.32. The van der Waals surface area contributed by atoms with Crippen LogP contribution in [0, 0.1) is 51.8 Å². The molecule has 0 spiro atoms. The lowest BCUT2D eigenvalue weighted by Crippen LogP contribution is -2.68. The van der Waals surface area contributed by atoms with Crippen LogP contribution >= 0.6 is 0 Å². The summed E-state index contributed by atoms with van der Waals surface area (Å²) in [6.45, 7) is 6.99. The maximum absolute atomic E-state index is 13.2. The summed E-state index contributed by atoms with van der Waals surface area (Å²) in [5.41, 5.74) is -3.49. The van der Waals surface area contributed by atoms with Crippen LogP contribution in [-0.4, -0.2) is 52.1 Å². The number of hydrogen-bond acceptors (Lipinski definition) is 6. The van der Waals surface area contributed by atoms with Gasteiger partial charge in [-0.15, -0.1) is 0 Å². The molecule has 9 heteroatoms. The van der Waals surface area contributed by atoms with E-state index in [1.165, 1.54) is 7.11 Å². The standard InChI is InChI=1S/C25H36O9/c1-12(2)18(26)13-11-15-23(3)8-6-9-24(4,22(33)34-5)14(23)7-10-25(15,21(31)32)17(20(29)30)16(13)19(27)28/h12-17H,6-11H2,1-5H3,(H,27,28)(H,29,30)(H,31,32). The van der Waals surface area contributed by atoms with E-state index < -0.39 is 63.7 Å². The molecule has 3 fully saturated rings. The van der Waals surface area contributed by atoms with Gasteiger partial charge < -0.3 is 20.1 Å². The molecule has 0 aromatic heterocycles. The Hall–Kier alpha value is -2.45. The molecular formula is C25H36O9. The summed E-state index contributed by atoms with van der Waals surface area (Å²) < 4.78 is 5.11. The van der Waals surface area contributed by atoms with Crippen molar-refractivity contribution in [3.8, 4) is 0 Å². The molecule has 3 aliphatic rings. The number of esters is 1. The van der Waals surface area contributed by atoms with Gasteiger partial charge in [0, 0.05) is 11.8 Å². The third kappa shape index (κ3) is 3.45. The van der Waals surface area contributed by atoms with Crippen molar-refractivity contribution >= 4 is 29.7 Å². The molecule has 190 valence electrons. The van der Waals surface area contributed by atoms with Gasteiger partial charge in [-0.1, -0.05) is 27.2 Å². The number of hydrogen-bond donors (Lipinski definition) is 3. The number of Topliss-reactive ketones (excluding diaryl/α,β-unsaturated/α-hetero) is 1. The third-order valence-electron chi connectivity index (χ3n) is 9.61. The van der Waals surface area contributed by atoms with Crippen LogP contribution < -0.4 is 0 Å². The minimum atomic E-state index is -1.84. The zero-order valence-corrected chi connectivity index (χ0v) is 20.5. The first kappa shape index (κ1) is 26.2. The molecule has 0 amide bonds. The van der Waals surface area contributed by atoms with Crippen molar-refractivity contribution in [2.45, 2.75) is 66.2 Å². The van der Waals surface area contributed by atoms with Gasteiger partial charge in [0.15, 0.2) is 0 Å². The van der Waals surface area contributed by atoms with Crippen LogP contribution in [0.3, 0.4) is 0 Å². The van der Waals surface area contributed by atoms with E-state index in [0.29, 0.717) is 19.3 Å². The summed E-state index contributed by atoms with van der Waals surface area (Å²) in [6, 6.07) is 0. The van der Waals surface area contributed by atoms with Crippen LogP contribution in [0.2, 0.25) is 0 Å². The van der Waals surface area contributed by atoms with Crippen LogP contribution in [0.5, 0.6) is 0 Å². The van der Waals surface area contributed by atoms with Gasteiger partial charge in [-0.25, -0.2) is 0 Å². The fourth-order valence-corrected chi connectivity index (χ4v) is 8.21. The van der Waals surface area contributed by atoms with Crippen molar-refractivity contribution in [2.24, 2.45) is 51.8 Å². The summed E-state index contributed by atoms with van der Waals surface area (Å²) in [4.78, 5) is 64.0. The van der Waals surface area contributed by atoms with Gasteiger partial charge in [-0.3, -0.25) is 24.0 Å². The second-order valence-corrected chi connectivity index (χ2v) is 11.3. The number of ketones is 1. The first-order chi connectivity index (χ1) is 15.7. The normalized spacial score (nSPS) is 41.6. The molecular weight excluding hydrogens is 444 g/mol. The van der Waals surface area contributed by atoms with Gasteiger partial charge in [0.1, 0.15) is 5.78 Å². The van der Waals surface area contributed by atoms with E-state index in [0.717, 1.165) is 0 Å². The summed E-state index contributed by atoms with van der Waals surface area (Å²) in [5.74, 6) is -11.1. The van der Waals surface area contributed by atoms with Crippen molar-refractivity contribution in [1.29, 1.82) is 0 Å². The number of carbonyl (C=O) groups is 5. The first-order valence-electron chi connectivity index (χ1n) is 12.0. The molecule has 0 aromatic rings. The second-order valence-electron chi connectivity index (χ2n) is 11.3. The minimum absolute atomic E-state index is 0.0195. The van der Waals surface area contributed by atoms with Crippen molar-refractivity contribution in [2.75, 3.05) is 7.11 Å². The molecule has 3 saturated carbocycles. The molecule has 3 aliphatic carbocycles. The van der Waals surface area contributed by atoms with E-state index in [1.807, 2.05) is 13.8 Å². The molecule has 0 heterocycles. The van der Waals surface area contributed by atoms with Crippen molar-refractivity contribution in [3.63, 3.8) is 0 Å². The highest BCUT2D eigenvalue weighted by Gasteiger charge is 2.72. The van der Waals surface area contributed by atoms with E-state index in [-0.39, 0.29) is 36.9 Å². The van der Waals surface area contributed by atoms with Gasteiger partial charge in [-0.05, 0) is 56.3 Å². The van der Waals surface area contributed by atoms with Crippen LogP contribution in [0.4, 0.5) is 0 Å². The Balaban J connectivity index is 2.27. The van der Waals surface area contributed by atoms with Gasteiger partial charge >= 0.3 is 23.9 Å². The molecule has 0 aromatic carbocycles. The third-order valence-corrected chi connectivity index (χ3v) is 9.61. The van der Waals surface area contributed by atoms with Gasteiger partial charge in [0.2, 0.25) is 0 Å². The Kier molecular flexibility index (Phi) is 6.65. The average Bonchev–Trinajstić information content (AvgIpc) is 2.75. The quantitative estimate of drug-likeness (QED) is 0.486. The highest BCUT2D eigenvalue weighted by Crippen LogP contribution is 2.70. The van der Waals surface area contributed by atoms with Gasteiger partial charge in [0.05, 0.1) is 29.8 Å². The van der Waals surface area contributed by atoms with E-state index in [4.69, 9.17) is 4.74 Å². The number of carboxylic acids is 3. The lowest BCUT2D eigenvalue weighted by Gasteiger charge is -2.65. The molecule has 0 aliphatic heterocycles. The fourth-order valence-electron chi connectivity index (χ4n) is 8.21. The van der Waals surface area contributed by atoms with E-state index >= 15 is 0 Å². The Labute approximate surface area is 199 Å². The highest BCUT2D eigenvalue weighted by atomic mass is 16.5. The Morgan fingerprint density at radius 1 is 0.912 bits per heavy atom. The maximum atomic E-state index is 13.2. The number of ether oxygens (including phenoxy) is 1. The van der Waals surface area contributed by atoms with Gasteiger partial charge in [-0.2, -0.15) is 0 Å². The highest BCUT2D eigenvalue weighted by molar-refractivity contribution is 5.94. The first-order valence-corrected chi connectivity index (χ1v) is 12.0. The predicted octanol–water partition coefficient (Wildman–Crippen LogP) is 3.10. The predicted molar refractivity (Wildman–Crippen MR) is 119 cm³/mol. The van der Waals surface area contributed by atoms with E-state index in [2.05, 4.69) is 0 Å². The molecule has 3 rings (SSSR count). The molecule has 0 saturated heterocycles. The second kappa shape index (κ2) is 8.64. The Morgan fingerprint density at radius 3 is 2.00 bits per heavy atom. The summed E-state index contributed by atoms with van der Waals surface area (Å²) in [5, 5.41) is 30.8. The zero-order chi connectivity index (χ0) is 25.8. The van der Waals surface area contributed by atoms with Crippen LogP contribution in [0.15, 0.2) is 0 Å². The molecule has 3 N–H and O–H groups in total. The SMILES string of the molecule is COC(=O)C1(C)CCCC2(C)C1CCC1(C(=O)O)C(C(=O)O)C(C(=O)O)C(C(=O)C(C)C)CC21. The monoisotopic (exact) mass is 480 g/mol. The molecule has 8 atom stereocenters. The van der Waals surface area contributed by atoms with E-state index in [1.54, 1.807) is 13.8 Å². The van der Waals surface area contributed by atoms with Crippen molar-refractivity contribution in [1.82, 2.24) is 0 Å². The minimum Gasteiger partial charge on any atom is -0.481 e. The van der Waals surface area contributed by atoms with Crippen molar-refractivity contribution < 1.29 is 44.0 Å². The van der Waals surface area contributed by atoms with Crippen LogP contribution in [-0.2, 0) is 28.7 Å². The topological polar surface area (TPSA) is 155 Å². The lowest BCUT2D eigenvalue weighted by molar-refractivity contribution is -0.223. The molecule has 34 heavy (non-hydrogen) atoms. The molecule has 0 radical (unpaired) electrons. The smallest absolute Gasteiger partial charge is 0.311 e. The lowest BCUT2D eigenvalue weighted by atomic mass is 9.36. The maximum Gasteiger partial charge on any atom is 0.311 e. The number of carboxylic acid groups (broad SMARTS) is 3. The molecule has 9 nitrogen and oxygen atoms in total. The number of methoxy groups -OCH3 is 1. The Bertz CT molecular complexity index is 910. The number of fused-ring (bicyclic) bond motifs is 3. The summed E-state index contributed by atoms with van der Waals surface area (Å²) >= 11 is 0. The fraction of sp³-hybridized carbons (Fsp3) is 0.800. The van der Waals surface area contributed by atoms with Crippen molar-refractivity contribution in [3.05, 3.63) is 0 Å². The molecule has 0 bridgehead atoms. The van der Waals surface area contributed by atoms with Crippen LogP contribution in [0.25, 0.3) is 0 Å². The average molecular weight is 481 g/mol. The van der Waals surface area contributed by atoms with Gasteiger partial charge in [0.25, 0.3) is 0 Å². The zero-order valence-electron chi connectivity index (χ0n) is 20.5. The number of carbonyl (C=O) groups excluding carboxylic acids is 2. The largest absolute Gasteiger partial charge is 0.481 e.